The fraction of sp³-hybridized carbons (Fsp3) is 0.634. The van der Waals surface area contributed by atoms with Gasteiger partial charge in [0.25, 0.3) is 0 Å². The number of nitrogens with two attached hydrogens (primary N) is 1. The summed E-state index contributed by atoms with van der Waals surface area (Å²) in [6.45, 7) is 12.7. The largest absolute Gasteiger partial charge is 0.375 e. The van der Waals surface area contributed by atoms with E-state index in [0.29, 0.717) is 43.4 Å². The van der Waals surface area contributed by atoms with Crippen molar-refractivity contribution < 1.29 is 33.5 Å². The van der Waals surface area contributed by atoms with E-state index in [1.807, 2.05) is 44.2 Å². The molecule has 1 aliphatic carbocycles. The number of anilines is 1. The van der Waals surface area contributed by atoms with Gasteiger partial charge in [-0.15, -0.1) is 11.3 Å². The Morgan fingerprint density at radius 1 is 0.912 bits per heavy atom. The number of rotatable bonds is 25. The first-order chi connectivity index (χ1) is 27.0. The highest BCUT2D eigenvalue weighted by Gasteiger charge is 2.32. The molecule has 0 aliphatic heterocycles. The molecule has 1 heterocycles. The van der Waals surface area contributed by atoms with Crippen molar-refractivity contribution in [1.82, 2.24) is 31.6 Å². The highest BCUT2D eigenvalue weighted by atomic mass is 32.1. The van der Waals surface area contributed by atoms with Gasteiger partial charge in [-0.05, 0) is 77.8 Å². The van der Waals surface area contributed by atoms with Gasteiger partial charge in [0.2, 0.25) is 35.4 Å². The van der Waals surface area contributed by atoms with E-state index >= 15 is 0 Å². The number of fused-ring (bicyclic) bond motifs is 1. The van der Waals surface area contributed by atoms with Crippen LogP contribution in [0.4, 0.5) is 5.13 Å². The zero-order chi connectivity index (χ0) is 42.0. The van der Waals surface area contributed by atoms with E-state index in [0.717, 1.165) is 43.5 Å². The van der Waals surface area contributed by atoms with Gasteiger partial charge in [-0.25, -0.2) is 4.98 Å². The maximum atomic E-state index is 13.1. The van der Waals surface area contributed by atoms with Crippen LogP contribution in [0.25, 0.3) is 0 Å². The summed E-state index contributed by atoms with van der Waals surface area (Å²) in [5.41, 5.74) is 6.07. The van der Waals surface area contributed by atoms with Crippen LogP contribution >= 0.6 is 11.3 Å². The standard InChI is InChI=1S/C41H64N8O7S/c1-7-21-43-29-16-17-30-32(26-29)57-39(48-30)49-34(51)15-11-14-33(50)44-22-18-35(52)46-27(2)37(54)45-23-19-41(5,6)56-24-20-40(3,4)38(55)47-31(36(42)53)25-28-12-9-8-10-13-28/h8-10,12-13,27,29,31,43H,7,11,14-26H2,1-6H3,(H2,42,53)(H,44,50)(H,45,54)(H,46,52)(H,47,55)(H,48,49,51)/t27-,29-,31-/m0/s1. The monoisotopic (exact) mass is 812 g/mol. The molecule has 0 radical (unpaired) electrons. The fourth-order valence-corrected chi connectivity index (χ4v) is 7.26. The van der Waals surface area contributed by atoms with Crippen LogP contribution in [-0.2, 0) is 52.8 Å². The van der Waals surface area contributed by atoms with Gasteiger partial charge in [0.05, 0.1) is 11.3 Å². The van der Waals surface area contributed by atoms with Crippen LogP contribution in [0.2, 0.25) is 0 Å². The van der Waals surface area contributed by atoms with E-state index in [1.54, 1.807) is 20.8 Å². The molecule has 3 atom stereocenters. The molecule has 8 N–H and O–H groups in total. The lowest BCUT2D eigenvalue weighted by molar-refractivity contribution is -0.135. The quantitative estimate of drug-likeness (QED) is 0.0782. The molecule has 0 saturated heterocycles. The van der Waals surface area contributed by atoms with E-state index in [9.17, 15) is 28.8 Å². The first-order valence-corrected chi connectivity index (χ1v) is 20.9. The first kappa shape index (κ1) is 47.0. The number of amides is 6. The number of ether oxygens (including phenoxy) is 1. The molecule has 3 rings (SSSR count). The number of aromatic nitrogens is 1. The number of primary amides is 1. The SMILES string of the molecule is CCCN[C@H]1CCc2nc(NC(=O)CCCC(=O)NCCC(=O)N[C@@H](C)C(=O)NCCC(C)(C)OCCC(C)(C)C(=O)N[C@@H](Cc3ccccc3)C(N)=O)sc2C1. The Morgan fingerprint density at radius 2 is 1.63 bits per heavy atom. The fourth-order valence-electron chi connectivity index (χ4n) is 6.16. The van der Waals surface area contributed by atoms with Crippen molar-refractivity contribution in [3.63, 3.8) is 0 Å². The number of nitrogens with zero attached hydrogens (tertiary/aromatic N) is 1. The molecule has 1 aliphatic rings. The van der Waals surface area contributed by atoms with Crippen molar-refractivity contribution in [3.05, 3.63) is 46.5 Å². The van der Waals surface area contributed by atoms with Gasteiger partial charge in [0.15, 0.2) is 5.13 Å². The third-order valence-corrected chi connectivity index (χ3v) is 10.9. The van der Waals surface area contributed by atoms with Gasteiger partial charge in [-0.1, -0.05) is 51.1 Å². The van der Waals surface area contributed by atoms with E-state index in [1.165, 1.54) is 16.2 Å². The summed E-state index contributed by atoms with van der Waals surface area (Å²) in [6.07, 6.45) is 5.80. The predicted octanol–water partition coefficient (Wildman–Crippen LogP) is 3.05. The molecule has 2 aromatic rings. The summed E-state index contributed by atoms with van der Waals surface area (Å²) in [6, 6.07) is 8.16. The number of hydrogen-bond acceptors (Lipinski definition) is 10. The number of aryl methyl sites for hydroxylation is 1. The van der Waals surface area contributed by atoms with Crippen LogP contribution < -0.4 is 37.6 Å². The van der Waals surface area contributed by atoms with Crippen LogP contribution in [0.15, 0.2) is 30.3 Å². The maximum absolute atomic E-state index is 13.1. The second-order valence-electron chi connectivity index (χ2n) is 16.0. The highest BCUT2D eigenvalue weighted by Crippen LogP contribution is 2.30. The molecular formula is C41H64N8O7S. The Kier molecular flexibility index (Phi) is 19.0. The Labute approximate surface area is 341 Å². The van der Waals surface area contributed by atoms with Gasteiger partial charge >= 0.3 is 0 Å². The molecule has 1 aromatic carbocycles. The summed E-state index contributed by atoms with van der Waals surface area (Å²) in [5, 5.41) is 18.0. The van der Waals surface area contributed by atoms with E-state index in [2.05, 4.69) is 43.8 Å². The van der Waals surface area contributed by atoms with Crippen LogP contribution in [0.5, 0.6) is 0 Å². The van der Waals surface area contributed by atoms with Gasteiger partial charge in [-0.2, -0.15) is 0 Å². The van der Waals surface area contributed by atoms with Gasteiger partial charge < -0.3 is 42.4 Å². The average molecular weight is 813 g/mol. The van der Waals surface area contributed by atoms with Crippen LogP contribution in [-0.4, -0.2) is 90.4 Å². The molecule has 316 valence electrons. The van der Waals surface area contributed by atoms with Crippen molar-refractivity contribution in [1.29, 1.82) is 0 Å². The molecule has 0 unspecified atom stereocenters. The second kappa shape index (κ2) is 23.1. The van der Waals surface area contributed by atoms with E-state index < -0.39 is 29.0 Å². The van der Waals surface area contributed by atoms with Crippen molar-refractivity contribution in [3.8, 4) is 0 Å². The number of thiazole rings is 1. The van der Waals surface area contributed by atoms with Gasteiger partial charge in [-0.3, -0.25) is 28.8 Å². The molecule has 0 bridgehead atoms. The third-order valence-electron chi connectivity index (χ3n) is 9.91. The molecule has 6 amide bonds. The molecule has 0 fully saturated rings. The summed E-state index contributed by atoms with van der Waals surface area (Å²) >= 11 is 1.52. The Balaban J connectivity index is 1.25. The molecular weight excluding hydrogens is 749 g/mol. The minimum absolute atomic E-state index is 0.00115. The Morgan fingerprint density at radius 3 is 2.33 bits per heavy atom. The Bertz CT molecular complexity index is 1650. The van der Waals surface area contributed by atoms with Gasteiger partial charge in [0.1, 0.15) is 12.1 Å². The van der Waals surface area contributed by atoms with E-state index in [4.69, 9.17) is 10.5 Å². The summed E-state index contributed by atoms with van der Waals surface area (Å²) in [7, 11) is 0. The summed E-state index contributed by atoms with van der Waals surface area (Å²) in [4.78, 5) is 80.8. The second-order valence-corrected chi connectivity index (χ2v) is 17.1. The van der Waals surface area contributed by atoms with Crippen molar-refractivity contribution in [2.75, 3.05) is 31.6 Å². The predicted molar refractivity (Wildman–Crippen MR) is 221 cm³/mol. The van der Waals surface area contributed by atoms with Crippen molar-refractivity contribution >= 4 is 51.9 Å². The first-order valence-electron chi connectivity index (χ1n) is 20.1. The average Bonchev–Trinajstić information content (AvgIpc) is 3.55. The third kappa shape index (κ3) is 17.3. The minimum Gasteiger partial charge on any atom is -0.375 e. The highest BCUT2D eigenvalue weighted by molar-refractivity contribution is 7.15. The summed E-state index contributed by atoms with van der Waals surface area (Å²) < 4.78 is 6.07. The Hall–Kier alpha value is -4.41. The van der Waals surface area contributed by atoms with E-state index in [-0.39, 0.29) is 62.0 Å². The summed E-state index contributed by atoms with van der Waals surface area (Å²) in [5.74, 6) is -2.09. The maximum Gasteiger partial charge on any atom is 0.242 e. The van der Waals surface area contributed by atoms with Gasteiger partial charge in [0, 0.05) is 61.7 Å². The topological polar surface area (TPSA) is 223 Å². The molecule has 1 aromatic heterocycles. The lowest BCUT2D eigenvalue weighted by Crippen LogP contribution is -2.50. The van der Waals surface area contributed by atoms with Crippen LogP contribution in [0, 0.1) is 5.41 Å². The molecule has 57 heavy (non-hydrogen) atoms. The molecule has 0 spiro atoms. The van der Waals surface area contributed by atoms with Crippen molar-refractivity contribution in [2.45, 2.75) is 136 Å². The van der Waals surface area contributed by atoms with Crippen LogP contribution in [0.1, 0.15) is 109 Å². The van der Waals surface area contributed by atoms with Crippen LogP contribution in [0.3, 0.4) is 0 Å². The number of hydrogen-bond donors (Lipinski definition) is 7. The number of carbonyl (C=O) groups is 6. The lowest BCUT2D eigenvalue weighted by Gasteiger charge is -2.30. The molecule has 0 saturated carbocycles. The zero-order valence-corrected chi connectivity index (χ0v) is 35.3. The van der Waals surface area contributed by atoms with Crippen molar-refractivity contribution in [2.24, 2.45) is 11.1 Å². The molecule has 16 heteroatoms. The number of carbonyl (C=O) groups excluding carboxylic acids is 6. The smallest absolute Gasteiger partial charge is 0.242 e. The minimum atomic E-state index is -0.835. The lowest BCUT2D eigenvalue weighted by atomic mass is 9.88. The number of nitrogens with one attached hydrogen (secondary N) is 6. The number of benzene rings is 1. The normalized spacial score (nSPS) is 15.1. The molecule has 15 nitrogen and oxygen atoms in total. The zero-order valence-electron chi connectivity index (χ0n) is 34.5.